The highest BCUT2D eigenvalue weighted by molar-refractivity contribution is 5.95. The Kier molecular flexibility index (Phi) is 5.46. The Balaban J connectivity index is 1.70. The zero-order valence-corrected chi connectivity index (χ0v) is 19.4. The molecule has 0 bridgehead atoms. The smallest absolute Gasteiger partial charge is 0.266 e. The van der Waals surface area contributed by atoms with E-state index >= 15 is 0 Å². The molecule has 1 heterocycles. The number of fused-ring (bicyclic) bond motifs is 2. The van der Waals surface area contributed by atoms with Gasteiger partial charge in [-0.05, 0) is 60.5 Å². The lowest BCUT2D eigenvalue weighted by Crippen LogP contribution is -2.35. The topological polar surface area (TPSA) is 55.2 Å². The average Bonchev–Trinajstić information content (AvgIpc) is 2.87. The third-order valence-corrected chi connectivity index (χ3v) is 6.44. The maximum absolute atomic E-state index is 13.7. The first-order valence-electron chi connectivity index (χ1n) is 11.3. The number of nitrogens with zero attached hydrogens (tertiary/aromatic N) is 3. The zero-order valence-electron chi connectivity index (χ0n) is 19.4. The van der Waals surface area contributed by atoms with Crippen molar-refractivity contribution in [2.45, 2.75) is 19.9 Å². The predicted octanol–water partition coefficient (Wildman–Crippen LogP) is 5.68. The summed E-state index contributed by atoms with van der Waals surface area (Å²) in [5, 5.41) is 2.66. The van der Waals surface area contributed by atoms with Crippen LogP contribution in [-0.2, 0) is 0 Å². The number of carbonyl (C=O) groups excluding carboxylic acids is 1. The molecular formula is C29H25N3O2. The SMILES string of the molecule is Cc1ccccc1C(=O)N(C)C(C)c1nc2ccccc2c(=O)n1-c1ccc2ccccc2c1. The summed E-state index contributed by atoms with van der Waals surface area (Å²) < 4.78 is 1.64. The molecule has 0 fully saturated rings. The third-order valence-electron chi connectivity index (χ3n) is 6.44. The molecule has 34 heavy (non-hydrogen) atoms. The molecule has 5 rings (SSSR count). The lowest BCUT2D eigenvalue weighted by Gasteiger charge is -2.27. The first-order chi connectivity index (χ1) is 16.5. The molecule has 5 heteroatoms. The standard InChI is InChI=1S/C29H25N3O2/c1-19-10-4-7-13-24(19)28(33)31(3)20(2)27-30-26-15-9-8-14-25(26)29(34)32(27)23-17-16-21-11-5-6-12-22(21)18-23/h4-18,20H,1-3H3. The van der Waals surface area contributed by atoms with E-state index in [2.05, 4.69) is 0 Å². The summed E-state index contributed by atoms with van der Waals surface area (Å²) in [6, 6.07) is 28.4. The summed E-state index contributed by atoms with van der Waals surface area (Å²) in [6.45, 7) is 3.83. The minimum absolute atomic E-state index is 0.113. The van der Waals surface area contributed by atoms with E-state index in [-0.39, 0.29) is 11.5 Å². The van der Waals surface area contributed by atoms with Gasteiger partial charge >= 0.3 is 0 Å². The van der Waals surface area contributed by atoms with Gasteiger partial charge in [-0.25, -0.2) is 4.98 Å². The summed E-state index contributed by atoms with van der Waals surface area (Å²) >= 11 is 0. The molecule has 5 nitrogen and oxygen atoms in total. The van der Waals surface area contributed by atoms with E-state index < -0.39 is 6.04 Å². The van der Waals surface area contributed by atoms with E-state index in [1.54, 1.807) is 22.6 Å². The second-order valence-electron chi connectivity index (χ2n) is 8.57. The number of hydrogen-bond donors (Lipinski definition) is 0. The molecule has 0 saturated carbocycles. The Labute approximate surface area is 197 Å². The van der Waals surface area contributed by atoms with Crippen LogP contribution in [0.1, 0.15) is 34.7 Å². The van der Waals surface area contributed by atoms with Crippen LogP contribution in [0.5, 0.6) is 0 Å². The molecule has 0 saturated heterocycles. The van der Waals surface area contributed by atoms with E-state index in [9.17, 15) is 9.59 Å². The van der Waals surface area contributed by atoms with Crippen molar-refractivity contribution < 1.29 is 4.79 Å². The second kappa shape index (κ2) is 8.60. The van der Waals surface area contributed by atoms with E-state index in [4.69, 9.17) is 4.98 Å². The van der Waals surface area contributed by atoms with Crippen LogP contribution in [-0.4, -0.2) is 27.4 Å². The highest BCUT2D eigenvalue weighted by Crippen LogP contribution is 2.25. The second-order valence-corrected chi connectivity index (χ2v) is 8.57. The van der Waals surface area contributed by atoms with Crippen LogP contribution in [0, 0.1) is 6.92 Å². The van der Waals surface area contributed by atoms with Crippen molar-refractivity contribution in [2.24, 2.45) is 0 Å². The van der Waals surface area contributed by atoms with Crippen LogP contribution in [0.3, 0.4) is 0 Å². The number of aromatic nitrogens is 2. The number of carbonyl (C=O) groups is 1. The average molecular weight is 448 g/mol. The van der Waals surface area contributed by atoms with Gasteiger partial charge in [-0.3, -0.25) is 14.2 Å². The molecule has 168 valence electrons. The summed E-state index contributed by atoms with van der Waals surface area (Å²) in [5.41, 5.74) is 2.73. The van der Waals surface area contributed by atoms with E-state index in [0.717, 1.165) is 22.0 Å². The van der Waals surface area contributed by atoms with Crippen molar-refractivity contribution in [3.05, 3.63) is 118 Å². The number of para-hydroxylation sites is 1. The van der Waals surface area contributed by atoms with Crippen molar-refractivity contribution >= 4 is 27.6 Å². The first-order valence-corrected chi connectivity index (χ1v) is 11.3. The molecule has 1 atom stereocenters. The van der Waals surface area contributed by atoms with Gasteiger partial charge in [0.1, 0.15) is 5.82 Å². The van der Waals surface area contributed by atoms with Gasteiger partial charge in [-0.2, -0.15) is 0 Å². The Bertz CT molecular complexity index is 1600. The van der Waals surface area contributed by atoms with Crippen molar-refractivity contribution in [1.29, 1.82) is 0 Å². The van der Waals surface area contributed by atoms with Crippen molar-refractivity contribution in [3.8, 4) is 5.69 Å². The lowest BCUT2D eigenvalue weighted by atomic mass is 10.1. The van der Waals surface area contributed by atoms with Crippen LogP contribution in [0.25, 0.3) is 27.4 Å². The summed E-state index contributed by atoms with van der Waals surface area (Å²) in [5.74, 6) is 0.404. The maximum atomic E-state index is 13.7. The minimum Gasteiger partial charge on any atom is -0.332 e. The fraction of sp³-hybridized carbons (Fsp3) is 0.138. The van der Waals surface area contributed by atoms with E-state index in [0.29, 0.717) is 22.3 Å². The Morgan fingerprint density at radius 1 is 0.882 bits per heavy atom. The molecule has 1 aromatic heterocycles. The Morgan fingerprint density at radius 3 is 2.35 bits per heavy atom. The van der Waals surface area contributed by atoms with Gasteiger partial charge in [0.15, 0.2) is 0 Å². The van der Waals surface area contributed by atoms with Gasteiger partial charge in [0, 0.05) is 12.6 Å². The predicted molar refractivity (Wildman–Crippen MR) is 137 cm³/mol. The number of aryl methyl sites for hydroxylation is 1. The summed E-state index contributed by atoms with van der Waals surface area (Å²) in [6.07, 6.45) is 0. The molecule has 0 aliphatic rings. The minimum atomic E-state index is -0.448. The largest absolute Gasteiger partial charge is 0.332 e. The van der Waals surface area contributed by atoms with Crippen molar-refractivity contribution in [3.63, 3.8) is 0 Å². The lowest BCUT2D eigenvalue weighted by molar-refractivity contribution is 0.0734. The molecule has 0 spiro atoms. The molecule has 4 aromatic carbocycles. The molecule has 0 aliphatic carbocycles. The first kappa shape index (κ1) is 21.6. The highest BCUT2D eigenvalue weighted by Gasteiger charge is 2.25. The van der Waals surface area contributed by atoms with Gasteiger partial charge in [-0.1, -0.05) is 60.7 Å². The van der Waals surface area contributed by atoms with Crippen molar-refractivity contribution in [1.82, 2.24) is 14.5 Å². The number of benzene rings is 4. The van der Waals surface area contributed by atoms with Crippen molar-refractivity contribution in [2.75, 3.05) is 7.05 Å². The van der Waals surface area contributed by atoms with Crippen LogP contribution in [0.15, 0.2) is 95.8 Å². The summed E-state index contributed by atoms with van der Waals surface area (Å²) in [4.78, 5) is 33.6. The van der Waals surface area contributed by atoms with Gasteiger partial charge in [0.25, 0.3) is 11.5 Å². The molecule has 0 radical (unpaired) electrons. The van der Waals surface area contributed by atoms with Gasteiger partial charge in [-0.15, -0.1) is 0 Å². The quantitative estimate of drug-likeness (QED) is 0.356. The van der Waals surface area contributed by atoms with E-state index in [1.807, 2.05) is 98.8 Å². The molecular weight excluding hydrogens is 422 g/mol. The monoisotopic (exact) mass is 447 g/mol. The molecule has 1 unspecified atom stereocenters. The molecule has 0 N–H and O–H groups in total. The maximum Gasteiger partial charge on any atom is 0.266 e. The van der Waals surface area contributed by atoms with Crippen LogP contribution in [0.4, 0.5) is 0 Å². The van der Waals surface area contributed by atoms with Crippen LogP contribution in [0.2, 0.25) is 0 Å². The molecule has 5 aromatic rings. The molecule has 1 amide bonds. The molecule has 0 aliphatic heterocycles. The Hall–Kier alpha value is -4.25. The van der Waals surface area contributed by atoms with Gasteiger partial charge in [0.05, 0.1) is 22.6 Å². The number of rotatable bonds is 4. The van der Waals surface area contributed by atoms with E-state index in [1.165, 1.54) is 0 Å². The van der Waals surface area contributed by atoms with Crippen LogP contribution >= 0.6 is 0 Å². The normalized spacial score (nSPS) is 12.1. The van der Waals surface area contributed by atoms with Crippen LogP contribution < -0.4 is 5.56 Å². The Morgan fingerprint density at radius 2 is 1.56 bits per heavy atom. The van der Waals surface area contributed by atoms with Gasteiger partial charge in [0.2, 0.25) is 0 Å². The highest BCUT2D eigenvalue weighted by atomic mass is 16.2. The zero-order chi connectivity index (χ0) is 23.8. The fourth-order valence-electron chi connectivity index (χ4n) is 4.35. The number of hydrogen-bond acceptors (Lipinski definition) is 3. The third kappa shape index (κ3) is 3.65. The number of amides is 1. The van der Waals surface area contributed by atoms with Gasteiger partial charge < -0.3 is 4.90 Å². The summed E-state index contributed by atoms with van der Waals surface area (Å²) in [7, 11) is 1.76. The fourth-order valence-corrected chi connectivity index (χ4v) is 4.35.